The van der Waals surface area contributed by atoms with Gasteiger partial charge in [0.1, 0.15) is 12.1 Å². The maximum Gasteiger partial charge on any atom is 0.321 e. The maximum absolute atomic E-state index is 11.6. The Bertz CT molecular complexity index is 774. The minimum atomic E-state index is -1.10. The van der Waals surface area contributed by atoms with Crippen LogP contribution in [0.4, 0.5) is 0 Å². The van der Waals surface area contributed by atoms with E-state index >= 15 is 0 Å². The number of benzene rings is 1. The maximum atomic E-state index is 11.6. The van der Waals surface area contributed by atoms with Crippen LogP contribution in [0.5, 0.6) is 0 Å². The molecule has 0 aliphatic heterocycles. The first-order chi connectivity index (χ1) is 12.7. The first-order valence-corrected chi connectivity index (χ1v) is 9.09. The van der Waals surface area contributed by atoms with Crippen molar-refractivity contribution in [3.63, 3.8) is 0 Å². The highest BCUT2D eigenvalue weighted by Crippen LogP contribution is 2.12. The zero-order valence-electron chi connectivity index (χ0n) is 15.3. The standard InChI is InChI=1S/C19H24ClN3O4/c1-12(2)7-16(18(24)25)22-17(19(26)27)8-15-10-23(11-21-15)9-13-3-5-14(20)6-4-13/h3-6,10-12,16-17,22H,7-9H2,1-2H3,(H,24,25)(H,26,27). The first kappa shape index (κ1) is 20.9. The molecular formula is C19H24ClN3O4. The number of nitrogens with one attached hydrogen (secondary N) is 1. The molecule has 1 aromatic carbocycles. The van der Waals surface area contributed by atoms with E-state index in [0.717, 1.165) is 5.56 Å². The largest absolute Gasteiger partial charge is 0.480 e. The molecule has 1 aromatic heterocycles. The normalized spacial score (nSPS) is 13.5. The molecule has 8 heteroatoms. The average molecular weight is 394 g/mol. The summed E-state index contributed by atoms with van der Waals surface area (Å²) in [7, 11) is 0. The Hall–Kier alpha value is -2.38. The lowest BCUT2D eigenvalue weighted by molar-refractivity contribution is -0.142. The van der Waals surface area contributed by atoms with Crippen LogP contribution in [0.2, 0.25) is 5.02 Å². The van der Waals surface area contributed by atoms with Crippen molar-refractivity contribution in [1.82, 2.24) is 14.9 Å². The first-order valence-electron chi connectivity index (χ1n) is 8.71. The second-order valence-electron chi connectivity index (χ2n) is 6.95. The lowest BCUT2D eigenvalue weighted by Crippen LogP contribution is -2.48. The molecule has 2 atom stereocenters. The fourth-order valence-electron chi connectivity index (χ4n) is 2.78. The van der Waals surface area contributed by atoms with Gasteiger partial charge in [0, 0.05) is 24.2 Å². The minimum Gasteiger partial charge on any atom is -0.480 e. The van der Waals surface area contributed by atoms with Crippen molar-refractivity contribution in [2.24, 2.45) is 5.92 Å². The van der Waals surface area contributed by atoms with Crippen molar-refractivity contribution in [2.45, 2.75) is 45.3 Å². The Kier molecular flexibility index (Phi) is 7.38. The van der Waals surface area contributed by atoms with Gasteiger partial charge in [-0.3, -0.25) is 14.9 Å². The number of aliphatic carboxylic acids is 2. The number of nitrogens with zero attached hydrogens (tertiary/aromatic N) is 2. The molecule has 0 saturated carbocycles. The monoisotopic (exact) mass is 393 g/mol. The summed E-state index contributed by atoms with van der Waals surface area (Å²) in [6.07, 6.45) is 3.85. The van der Waals surface area contributed by atoms with Gasteiger partial charge in [0.15, 0.2) is 0 Å². The summed E-state index contributed by atoms with van der Waals surface area (Å²) in [5, 5.41) is 22.2. The molecule has 7 nitrogen and oxygen atoms in total. The van der Waals surface area contributed by atoms with Crippen LogP contribution in [-0.2, 0) is 22.6 Å². The number of aromatic nitrogens is 2. The Morgan fingerprint density at radius 2 is 1.78 bits per heavy atom. The number of carbonyl (C=O) groups is 2. The topological polar surface area (TPSA) is 104 Å². The molecule has 2 aromatic rings. The average Bonchev–Trinajstić information content (AvgIpc) is 3.02. The van der Waals surface area contributed by atoms with Gasteiger partial charge >= 0.3 is 11.9 Å². The number of hydrogen-bond acceptors (Lipinski definition) is 4. The van der Waals surface area contributed by atoms with Crippen LogP contribution in [0.3, 0.4) is 0 Å². The number of imidazole rings is 1. The van der Waals surface area contributed by atoms with E-state index in [9.17, 15) is 19.8 Å². The van der Waals surface area contributed by atoms with Crippen LogP contribution in [0.15, 0.2) is 36.8 Å². The number of halogens is 1. The van der Waals surface area contributed by atoms with E-state index in [1.165, 1.54) is 0 Å². The van der Waals surface area contributed by atoms with Crippen molar-refractivity contribution < 1.29 is 19.8 Å². The van der Waals surface area contributed by atoms with Crippen LogP contribution in [-0.4, -0.2) is 43.8 Å². The van der Waals surface area contributed by atoms with Crippen LogP contribution in [0.25, 0.3) is 0 Å². The fourth-order valence-corrected chi connectivity index (χ4v) is 2.91. The Balaban J connectivity index is 2.03. The van der Waals surface area contributed by atoms with Crippen molar-refractivity contribution in [3.8, 4) is 0 Å². The minimum absolute atomic E-state index is 0.102. The third kappa shape index (κ3) is 6.69. The molecule has 1 heterocycles. The second-order valence-corrected chi connectivity index (χ2v) is 7.38. The highest BCUT2D eigenvalue weighted by molar-refractivity contribution is 6.30. The molecule has 2 unspecified atom stereocenters. The molecule has 0 spiro atoms. The molecule has 0 aliphatic rings. The van der Waals surface area contributed by atoms with Gasteiger partial charge < -0.3 is 14.8 Å². The number of carboxylic acids is 2. The van der Waals surface area contributed by atoms with Gasteiger partial charge in [0.05, 0.1) is 12.0 Å². The number of hydrogen-bond donors (Lipinski definition) is 3. The zero-order chi connectivity index (χ0) is 20.0. The summed E-state index contributed by atoms with van der Waals surface area (Å²) >= 11 is 5.88. The molecular weight excluding hydrogens is 370 g/mol. The van der Waals surface area contributed by atoms with Gasteiger partial charge in [-0.15, -0.1) is 0 Å². The molecule has 0 amide bonds. The van der Waals surface area contributed by atoms with E-state index in [2.05, 4.69) is 10.3 Å². The molecule has 27 heavy (non-hydrogen) atoms. The van der Waals surface area contributed by atoms with Gasteiger partial charge in [-0.25, -0.2) is 4.98 Å². The molecule has 0 radical (unpaired) electrons. The van der Waals surface area contributed by atoms with Crippen LogP contribution in [0, 0.1) is 5.92 Å². The molecule has 0 aliphatic carbocycles. The van der Waals surface area contributed by atoms with E-state index in [4.69, 9.17) is 11.6 Å². The summed E-state index contributed by atoms with van der Waals surface area (Å²) < 4.78 is 1.85. The van der Waals surface area contributed by atoms with Gasteiger partial charge in [0.2, 0.25) is 0 Å². The van der Waals surface area contributed by atoms with E-state index in [-0.39, 0.29) is 12.3 Å². The highest BCUT2D eigenvalue weighted by Gasteiger charge is 2.27. The van der Waals surface area contributed by atoms with E-state index in [1.54, 1.807) is 24.7 Å². The summed E-state index contributed by atoms with van der Waals surface area (Å²) in [5.74, 6) is -2.02. The Morgan fingerprint density at radius 3 is 2.33 bits per heavy atom. The van der Waals surface area contributed by atoms with Crippen molar-refractivity contribution in [1.29, 1.82) is 0 Å². The third-order valence-electron chi connectivity index (χ3n) is 4.08. The fraction of sp³-hybridized carbons (Fsp3) is 0.421. The summed E-state index contributed by atoms with van der Waals surface area (Å²) in [4.78, 5) is 27.2. The number of rotatable bonds is 10. The number of carboxylic acid groups (broad SMARTS) is 2. The van der Waals surface area contributed by atoms with Crippen molar-refractivity contribution in [2.75, 3.05) is 0 Å². The molecule has 2 rings (SSSR count). The summed E-state index contributed by atoms with van der Waals surface area (Å²) in [6, 6.07) is 5.49. The molecule has 146 valence electrons. The lowest BCUT2D eigenvalue weighted by Gasteiger charge is -2.21. The highest BCUT2D eigenvalue weighted by atomic mass is 35.5. The predicted molar refractivity (Wildman–Crippen MR) is 102 cm³/mol. The van der Waals surface area contributed by atoms with Crippen molar-refractivity contribution in [3.05, 3.63) is 53.1 Å². The third-order valence-corrected chi connectivity index (χ3v) is 4.34. The second kappa shape index (κ2) is 9.53. The Morgan fingerprint density at radius 1 is 1.15 bits per heavy atom. The van der Waals surface area contributed by atoms with Crippen LogP contribution >= 0.6 is 11.6 Å². The van der Waals surface area contributed by atoms with Crippen LogP contribution < -0.4 is 5.32 Å². The lowest BCUT2D eigenvalue weighted by atomic mass is 10.0. The predicted octanol–water partition coefficient (Wildman–Crippen LogP) is 2.67. The van der Waals surface area contributed by atoms with E-state index in [1.807, 2.05) is 30.5 Å². The van der Waals surface area contributed by atoms with Gasteiger partial charge in [-0.05, 0) is 30.0 Å². The van der Waals surface area contributed by atoms with Crippen LogP contribution in [0.1, 0.15) is 31.5 Å². The summed E-state index contributed by atoms with van der Waals surface area (Å²) in [6.45, 7) is 4.37. The van der Waals surface area contributed by atoms with E-state index < -0.39 is 24.0 Å². The van der Waals surface area contributed by atoms with Gasteiger partial charge in [-0.2, -0.15) is 0 Å². The molecule has 0 bridgehead atoms. The SMILES string of the molecule is CC(C)CC(NC(Cc1cn(Cc2ccc(Cl)cc2)cn1)C(=O)O)C(=O)O. The quantitative estimate of drug-likeness (QED) is 0.573. The smallest absolute Gasteiger partial charge is 0.321 e. The van der Waals surface area contributed by atoms with Crippen molar-refractivity contribution >= 4 is 23.5 Å². The molecule has 3 N–H and O–H groups in total. The molecule has 0 saturated heterocycles. The summed E-state index contributed by atoms with van der Waals surface area (Å²) in [5.41, 5.74) is 1.62. The van der Waals surface area contributed by atoms with Gasteiger partial charge in [0.25, 0.3) is 0 Å². The molecule has 0 fully saturated rings. The zero-order valence-corrected chi connectivity index (χ0v) is 16.1. The Labute approximate surface area is 163 Å². The van der Waals surface area contributed by atoms with E-state index in [0.29, 0.717) is 23.7 Å². The van der Waals surface area contributed by atoms with Gasteiger partial charge in [-0.1, -0.05) is 37.6 Å².